The molecule has 2 aromatic rings. The number of hydrogen-bond donors (Lipinski definition) is 2. The molecule has 0 bridgehead atoms. The molecule has 0 spiro atoms. The van der Waals surface area contributed by atoms with Crippen LogP contribution in [-0.4, -0.2) is 15.5 Å². The van der Waals surface area contributed by atoms with Crippen LogP contribution in [-0.2, 0) is 34.1 Å². The molecule has 0 aliphatic carbocycles. The summed E-state index contributed by atoms with van der Waals surface area (Å²) >= 11 is 0. The van der Waals surface area contributed by atoms with Crippen LogP contribution in [0.4, 0.5) is 23.2 Å². The lowest BCUT2D eigenvalue weighted by molar-refractivity contribution is -0.137. The highest BCUT2D eigenvalue weighted by Gasteiger charge is 2.34. The molecular formula is C16H16F4N2O3S. The Bertz CT molecular complexity index is 899. The Balaban J connectivity index is 2.31. The van der Waals surface area contributed by atoms with E-state index in [2.05, 4.69) is 5.32 Å². The summed E-state index contributed by atoms with van der Waals surface area (Å²) in [5, 5.41) is 7.47. The quantitative estimate of drug-likeness (QED) is 0.740. The van der Waals surface area contributed by atoms with Gasteiger partial charge in [-0.3, -0.25) is 0 Å². The van der Waals surface area contributed by atoms with Gasteiger partial charge in [-0.25, -0.2) is 17.9 Å². The Hall–Kier alpha value is -2.17. The number of hydrogen-bond acceptors (Lipinski definition) is 4. The molecule has 5 nitrogen and oxygen atoms in total. The smallest absolute Gasteiger partial charge is 0.380 e. The fraction of sp³-hybridized carbons (Fsp3) is 0.250. The fourth-order valence-electron chi connectivity index (χ4n) is 2.29. The SMILES string of the molecule is COCc1cc(CNc2ccc(S(N)(=O)=O)cc2C(F)(F)F)ccc1F. The molecule has 0 aromatic heterocycles. The molecular weight excluding hydrogens is 376 g/mol. The van der Waals surface area contributed by atoms with E-state index in [0.717, 1.165) is 12.1 Å². The maximum atomic E-state index is 13.6. The van der Waals surface area contributed by atoms with E-state index in [1.165, 1.54) is 25.3 Å². The predicted octanol–water partition coefficient (Wildman–Crippen LogP) is 3.25. The molecule has 10 heteroatoms. The third-order valence-corrected chi connectivity index (χ3v) is 4.43. The van der Waals surface area contributed by atoms with Crippen molar-refractivity contribution >= 4 is 15.7 Å². The van der Waals surface area contributed by atoms with Crippen molar-refractivity contribution in [2.75, 3.05) is 12.4 Å². The molecule has 0 saturated carbocycles. The number of halogens is 4. The number of nitrogens with two attached hydrogens (primary N) is 1. The Morgan fingerprint density at radius 2 is 1.85 bits per heavy atom. The third-order valence-electron chi connectivity index (χ3n) is 3.52. The van der Waals surface area contributed by atoms with E-state index >= 15 is 0 Å². The average Bonchev–Trinajstić information content (AvgIpc) is 2.54. The molecule has 2 aromatic carbocycles. The van der Waals surface area contributed by atoms with Gasteiger partial charge in [-0.1, -0.05) is 6.07 Å². The summed E-state index contributed by atoms with van der Waals surface area (Å²) in [4.78, 5) is -0.639. The average molecular weight is 392 g/mol. The first-order chi connectivity index (χ1) is 12.0. The molecule has 0 amide bonds. The standard InChI is InChI=1S/C16H16F4N2O3S/c1-25-9-11-6-10(2-4-14(11)17)8-22-15-5-3-12(26(21,23)24)7-13(15)16(18,19)20/h2-7,22H,8-9H2,1H3,(H2,21,23,24). The monoisotopic (exact) mass is 392 g/mol. The predicted molar refractivity (Wildman–Crippen MR) is 87.3 cm³/mol. The van der Waals surface area contributed by atoms with E-state index in [1.807, 2.05) is 0 Å². The number of benzene rings is 2. The molecule has 2 rings (SSSR count). The first kappa shape index (κ1) is 20.1. The zero-order chi connectivity index (χ0) is 19.5. The maximum Gasteiger partial charge on any atom is 0.418 e. The maximum absolute atomic E-state index is 13.6. The van der Waals surface area contributed by atoms with Crippen molar-refractivity contribution in [1.82, 2.24) is 0 Å². The van der Waals surface area contributed by atoms with E-state index in [4.69, 9.17) is 9.88 Å². The van der Waals surface area contributed by atoms with Crippen molar-refractivity contribution in [2.45, 2.75) is 24.2 Å². The number of primary sulfonamides is 1. The van der Waals surface area contributed by atoms with E-state index in [0.29, 0.717) is 11.6 Å². The van der Waals surface area contributed by atoms with Crippen LogP contribution in [0.2, 0.25) is 0 Å². The van der Waals surface area contributed by atoms with Gasteiger partial charge >= 0.3 is 6.18 Å². The topological polar surface area (TPSA) is 81.4 Å². The van der Waals surface area contributed by atoms with Crippen LogP contribution in [0.1, 0.15) is 16.7 Å². The molecule has 0 fully saturated rings. The Morgan fingerprint density at radius 1 is 1.15 bits per heavy atom. The van der Waals surface area contributed by atoms with Gasteiger partial charge in [0.25, 0.3) is 0 Å². The highest BCUT2D eigenvalue weighted by atomic mass is 32.2. The zero-order valence-electron chi connectivity index (χ0n) is 13.6. The summed E-state index contributed by atoms with van der Waals surface area (Å²) in [5.74, 6) is -0.482. The van der Waals surface area contributed by atoms with Gasteiger partial charge in [0.2, 0.25) is 10.0 Å². The second kappa shape index (κ2) is 7.60. The minimum Gasteiger partial charge on any atom is -0.380 e. The molecule has 0 radical (unpaired) electrons. The van der Waals surface area contributed by atoms with E-state index in [-0.39, 0.29) is 24.4 Å². The van der Waals surface area contributed by atoms with Crippen molar-refractivity contribution in [2.24, 2.45) is 5.14 Å². The van der Waals surface area contributed by atoms with Crippen LogP contribution in [0.25, 0.3) is 0 Å². The number of rotatable bonds is 6. The summed E-state index contributed by atoms with van der Waals surface area (Å²) < 4.78 is 80.6. The van der Waals surface area contributed by atoms with Crippen LogP contribution in [0.5, 0.6) is 0 Å². The summed E-state index contributed by atoms with van der Waals surface area (Å²) in [5.41, 5.74) is -0.680. The largest absolute Gasteiger partial charge is 0.418 e. The summed E-state index contributed by atoms with van der Waals surface area (Å²) in [7, 11) is -2.87. The van der Waals surface area contributed by atoms with Crippen molar-refractivity contribution in [1.29, 1.82) is 0 Å². The first-order valence-corrected chi connectivity index (χ1v) is 8.81. The van der Waals surface area contributed by atoms with Gasteiger partial charge in [-0.05, 0) is 35.9 Å². The molecule has 142 valence electrons. The number of sulfonamides is 1. The lowest BCUT2D eigenvalue weighted by Crippen LogP contribution is -2.16. The van der Waals surface area contributed by atoms with Gasteiger partial charge in [0.1, 0.15) is 5.82 Å². The number of alkyl halides is 3. The number of nitrogens with one attached hydrogen (secondary N) is 1. The van der Waals surface area contributed by atoms with Gasteiger partial charge in [0.15, 0.2) is 0 Å². The second-order valence-electron chi connectivity index (χ2n) is 5.46. The minimum absolute atomic E-state index is 0.0243. The van der Waals surface area contributed by atoms with Crippen molar-refractivity contribution in [3.8, 4) is 0 Å². The fourth-order valence-corrected chi connectivity index (χ4v) is 2.83. The third kappa shape index (κ3) is 4.93. The Kier molecular flexibility index (Phi) is 5.89. The van der Waals surface area contributed by atoms with Crippen LogP contribution < -0.4 is 10.5 Å². The summed E-state index contributed by atoms with van der Waals surface area (Å²) in [6.07, 6.45) is -4.78. The number of ether oxygens (including phenoxy) is 1. The highest BCUT2D eigenvalue weighted by Crippen LogP contribution is 2.36. The lowest BCUT2D eigenvalue weighted by Gasteiger charge is -2.16. The number of anilines is 1. The van der Waals surface area contributed by atoms with Gasteiger partial charge in [0, 0.05) is 24.9 Å². The zero-order valence-corrected chi connectivity index (χ0v) is 14.4. The Morgan fingerprint density at radius 3 is 2.42 bits per heavy atom. The molecule has 0 unspecified atom stereocenters. The molecule has 26 heavy (non-hydrogen) atoms. The van der Waals surface area contributed by atoms with Crippen molar-refractivity contribution < 1.29 is 30.7 Å². The van der Waals surface area contributed by atoms with E-state index in [1.54, 1.807) is 0 Å². The highest BCUT2D eigenvalue weighted by molar-refractivity contribution is 7.89. The second-order valence-corrected chi connectivity index (χ2v) is 7.02. The van der Waals surface area contributed by atoms with Crippen LogP contribution in [0.3, 0.4) is 0 Å². The molecule has 3 N–H and O–H groups in total. The number of methoxy groups -OCH3 is 1. The lowest BCUT2D eigenvalue weighted by atomic mass is 10.1. The first-order valence-electron chi connectivity index (χ1n) is 7.26. The van der Waals surface area contributed by atoms with Crippen LogP contribution >= 0.6 is 0 Å². The minimum atomic E-state index is -4.78. The van der Waals surface area contributed by atoms with Crippen LogP contribution in [0.15, 0.2) is 41.3 Å². The molecule has 0 aliphatic heterocycles. The molecule has 0 aliphatic rings. The van der Waals surface area contributed by atoms with Gasteiger partial charge in [0.05, 0.1) is 17.1 Å². The van der Waals surface area contributed by atoms with Crippen LogP contribution in [0, 0.1) is 5.82 Å². The molecule has 0 saturated heterocycles. The van der Waals surface area contributed by atoms with Crippen molar-refractivity contribution in [3.63, 3.8) is 0 Å². The molecule has 0 atom stereocenters. The van der Waals surface area contributed by atoms with Gasteiger partial charge in [-0.2, -0.15) is 13.2 Å². The molecule has 0 heterocycles. The Labute approximate surface area is 147 Å². The summed E-state index contributed by atoms with van der Waals surface area (Å²) in [6.45, 7) is -0.00860. The summed E-state index contributed by atoms with van der Waals surface area (Å²) in [6, 6.07) is 6.53. The van der Waals surface area contributed by atoms with E-state index in [9.17, 15) is 26.0 Å². The normalized spacial score (nSPS) is 12.2. The van der Waals surface area contributed by atoms with Gasteiger partial charge < -0.3 is 10.1 Å². The van der Waals surface area contributed by atoms with Gasteiger partial charge in [-0.15, -0.1) is 0 Å². The van der Waals surface area contributed by atoms with E-state index < -0.39 is 32.5 Å². The van der Waals surface area contributed by atoms with Crippen molar-refractivity contribution in [3.05, 3.63) is 58.9 Å².